The van der Waals surface area contributed by atoms with Gasteiger partial charge in [0.15, 0.2) is 6.10 Å². The van der Waals surface area contributed by atoms with Crippen molar-refractivity contribution in [3.63, 3.8) is 0 Å². The Labute approximate surface area is 158 Å². The second-order valence-corrected chi connectivity index (χ2v) is 6.17. The average molecular weight is 363 g/mol. The predicted octanol–water partition coefficient (Wildman–Crippen LogP) is 3.74. The first-order valence-corrected chi connectivity index (χ1v) is 8.76. The van der Waals surface area contributed by atoms with Crippen LogP contribution in [0.1, 0.15) is 18.2 Å². The van der Waals surface area contributed by atoms with Crippen LogP contribution in [0.5, 0.6) is 0 Å². The molecule has 1 amide bonds. The third-order valence-corrected chi connectivity index (χ3v) is 4.10. The molecule has 1 N–H and O–H groups in total. The molecule has 1 heterocycles. The fourth-order valence-corrected chi connectivity index (χ4v) is 2.64. The number of furan rings is 1. The maximum absolute atomic E-state index is 12.1. The Morgan fingerprint density at radius 1 is 0.963 bits per heavy atom. The largest absolute Gasteiger partial charge is 0.467 e. The Bertz CT molecular complexity index is 870. The monoisotopic (exact) mass is 363 g/mol. The number of ether oxygens (including phenoxy) is 1. The van der Waals surface area contributed by atoms with E-state index in [0.29, 0.717) is 5.76 Å². The van der Waals surface area contributed by atoms with E-state index in [1.807, 2.05) is 54.6 Å². The molecule has 5 nitrogen and oxygen atoms in total. The number of hydrogen-bond donors (Lipinski definition) is 1. The van der Waals surface area contributed by atoms with Crippen LogP contribution in [0.15, 0.2) is 77.4 Å². The van der Waals surface area contributed by atoms with Gasteiger partial charge in [0.05, 0.1) is 19.2 Å². The summed E-state index contributed by atoms with van der Waals surface area (Å²) in [5.41, 5.74) is 3.04. The van der Waals surface area contributed by atoms with Gasteiger partial charge in [0.1, 0.15) is 5.76 Å². The van der Waals surface area contributed by atoms with Crippen LogP contribution in [0.3, 0.4) is 0 Å². The molecule has 1 aromatic heterocycles. The van der Waals surface area contributed by atoms with Gasteiger partial charge in [0.25, 0.3) is 5.91 Å². The number of hydrogen-bond acceptors (Lipinski definition) is 4. The topological polar surface area (TPSA) is 68.5 Å². The van der Waals surface area contributed by atoms with Crippen molar-refractivity contribution in [2.24, 2.45) is 0 Å². The normalized spacial score (nSPS) is 11.6. The smallest absolute Gasteiger partial charge is 0.311 e. The molecule has 2 aromatic carbocycles. The van der Waals surface area contributed by atoms with Gasteiger partial charge < -0.3 is 14.5 Å². The zero-order valence-electron chi connectivity index (χ0n) is 15.1. The number of rotatable bonds is 7. The van der Waals surface area contributed by atoms with Crippen molar-refractivity contribution in [1.82, 2.24) is 5.32 Å². The van der Waals surface area contributed by atoms with E-state index in [-0.39, 0.29) is 18.9 Å². The maximum Gasteiger partial charge on any atom is 0.311 e. The molecule has 0 aliphatic rings. The van der Waals surface area contributed by atoms with Crippen molar-refractivity contribution >= 4 is 11.9 Å². The van der Waals surface area contributed by atoms with Crippen LogP contribution in [0.2, 0.25) is 0 Å². The Morgan fingerprint density at radius 3 is 2.33 bits per heavy atom. The van der Waals surface area contributed by atoms with Crippen molar-refractivity contribution in [3.05, 3.63) is 84.3 Å². The number of nitrogens with one attached hydrogen (secondary N) is 1. The lowest BCUT2D eigenvalue weighted by molar-refractivity contribution is -0.154. The minimum absolute atomic E-state index is 0.116. The van der Waals surface area contributed by atoms with E-state index in [1.165, 1.54) is 6.26 Å². The number of benzene rings is 2. The van der Waals surface area contributed by atoms with Gasteiger partial charge in [0.2, 0.25) is 0 Å². The highest BCUT2D eigenvalue weighted by Crippen LogP contribution is 2.19. The Balaban J connectivity index is 1.49. The second-order valence-electron chi connectivity index (χ2n) is 6.17. The van der Waals surface area contributed by atoms with Crippen molar-refractivity contribution in [3.8, 4) is 11.1 Å². The van der Waals surface area contributed by atoms with E-state index >= 15 is 0 Å². The van der Waals surface area contributed by atoms with Gasteiger partial charge in [-0.3, -0.25) is 9.59 Å². The van der Waals surface area contributed by atoms with Crippen molar-refractivity contribution in [1.29, 1.82) is 0 Å². The molecule has 0 radical (unpaired) electrons. The van der Waals surface area contributed by atoms with Gasteiger partial charge in [-0.25, -0.2) is 0 Å². The predicted molar refractivity (Wildman–Crippen MR) is 102 cm³/mol. The number of amides is 1. The molecule has 0 saturated carbocycles. The van der Waals surface area contributed by atoms with E-state index in [4.69, 9.17) is 9.15 Å². The summed E-state index contributed by atoms with van der Waals surface area (Å²) in [6.45, 7) is 1.81. The van der Waals surface area contributed by atoms with Gasteiger partial charge in [-0.05, 0) is 35.7 Å². The summed E-state index contributed by atoms with van der Waals surface area (Å²) in [5, 5.41) is 2.67. The fourth-order valence-electron chi connectivity index (χ4n) is 2.64. The first kappa shape index (κ1) is 18.5. The Kier molecular flexibility index (Phi) is 6.05. The number of carbonyl (C=O) groups excluding carboxylic acids is 2. The van der Waals surface area contributed by atoms with Crippen LogP contribution in [0, 0.1) is 0 Å². The molecule has 1 atom stereocenters. The molecule has 0 saturated heterocycles. The summed E-state index contributed by atoms with van der Waals surface area (Å²) < 4.78 is 10.4. The molecule has 27 heavy (non-hydrogen) atoms. The maximum atomic E-state index is 12.1. The lowest BCUT2D eigenvalue weighted by atomic mass is 10.0. The minimum atomic E-state index is -0.865. The third kappa shape index (κ3) is 5.31. The Hall–Kier alpha value is -3.34. The molecule has 0 aliphatic heterocycles. The molecule has 5 heteroatoms. The summed E-state index contributed by atoms with van der Waals surface area (Å²) in [7, 11) is 0. The summed E-state index contributed by atoms with van der Waals surface area (Å²) >= 11 is 0. The van der Waals surface area contributed by atoms with Gasteiger partial charge >= 0.3 is 5.97 Å². The lowest BCUT2D eigenvalue weighted by Gasteiger charge is -2.13. The minimum Gasteiger partial charge on any atom is -0.467 e. The molecule has 0 bridgehead atoms. The molecule has 0 unspecified atom stereocenters. The zero-order valence-corrected chi connectivity index (χ0v) is 15.1. The van der Waals surface area contributed by atoms with Crippen LogP contribution in [0.25, 0.3) is 11.1 Å². The molecule has 3 rings (SSSR count). The highest BCUT2D eigenvalue weighted by Gasteiger charge is 2.18. The molecule has 138 valence electrons. The second kappa shape index (κ2) is 8.85. The molecule has 0 fully saturated rings. The average Bonchev–Trinajstić information content (AvgIpc) is 3.21. The quantitative estimate of drug-likeness (QED) is 0.650. The van der Waals surface area contributed by atoms with Crippen molar-refractivity contribution in [2.75, 3.05) is 0 Å². The van der Waals surface area contributed by atoms with Crippen LogP contribution < -0.4 is 5.32 Å². The van der Waals surface area contributed by atoms with E-state index in [9.17, 15) is 9.59 Å². The van der Waals surface area contributed by atoms with E-state index < -0.39 is 12.1 Å². The molecular weight excluding hydrogens is 342 g/mol. The highest BCUT2D eigenvalue weighted by atomic mass is 16.5. The summed E-state index contributed by atoms with van der Waals surface area (Å²) in [6.07, 6.45) is 0.787. The van der Waals surface area contributed by atoms with Gasteiger partial charge in [-0.2, -0.15) is 0 Å². The molecule has 3 aromatic rings. The SMILES string of the molecule is C[C@H](OC(=O)Cc1ccc(-c2ccccc2)cc1)C(=O)NCc1ccco1. The van der Waals surface area contributed by atoms with E-state index in [2.05, 4.69) is 5.32 Å². The van der Waals surface area contributed by atoms with Gasteiger partial charge in [0, 0.05) is 0 Å². The molecular formula is C22H21NO4. The first-order chi connectivity index (χ1) is 13.1. The standard InChI is InChI=1S/C22H21NO4/c1-16(22(25)23-15-20-8-5-13-26-20)27-21(24)14-17-9-11-19(12-10-17)18-6-3-2-4-7-18/h2-13,16H,14-15H2,1H3,(H,23,25)/t16-/m0/s1. The number of esters is 1. The number of carbonyl (C=O) groups is 2. The van der Waals surface area contributed by atoms with Gasteiger partial charge in [-0.15, -0.1) is 0 Å². The summed E-state index contributed by atoms with van der Waals surface area (Å²) in [6, 6.07) is 21.2. The van der Waals surface area contributed by atoms with Crippen LogP contribution >= 0.6 is 0 Å². The van der Waals surface area contributed by atoms with Gasteiger partial charge in [-0.1, -0.05) is 54.6 Å². The summed E-state index contributed by atoms with van der Waals surface area (Å²) in [5.74, 6) is -0.164. The zero-order chi connectivity index (χ0) is 19.1. The Morgan fingerprint density at radius 2 is 1.67 bits per heavy atom. The fraction of sp³-hybridized carbons (Fsp3) is 0.182. The molecule has 0 spiro atoms. The molecule has 0 aliphatic carbocycles. The van der Waals surface area contributed by atoms with Crippen LogP contribution in [-0.2, 0) is 27.3 Å². The highest BCUT2D eigenvalue weighted by molar-refractivity contribution is 5.83. The van der Waals surface area contributed by atoms with Crippen molar-refractivity contribution in [2.45, 2.75) is 26.0 Å². The lowest BCUT2D eigenvalue weighted by Crippen LogP contribution is -2.35. The first-order valence-electron chi connectivity index (χ1n) is 8.76. The third-order valence-electron chi connectivity index (χ3n) is 4.10. The van der Waals surface area contributed by atoms with Crippen molar-refractivity contribution < 1.29 is 18.7 Å². The van der Waals surface area contributed by atoms with Crippen LogP contribution in [-0.4, -0.2) is 18.0 Å². The van der Waals surface area contributed by atoms with E-state index in [0.717, 1.165) is 16.7 Å². The van der Waals surface area contributed by atoms with E-state index in [1.54, 1.807) is 19.1 Å². The summed E-state index contributed by atoms with van der Waals surface area (Å²) in [4.78, 5) is 24.1. The van der Waals surface area contributed by atoms with Crippen LogP contribution in [0.4, 0.5) is 0 Å².